The van der Waals surface area contributed by atoms with Crippen LogP contribution in [0, 0.1) is 5.92 Å². The van der Waals surface area contributed by atoms with Gasteiger partial charge < -0.3 is 9.84 Å². The fraction of sp³-hybridized carbons (Fsp3) is 0.588. The molecule has 0 bridgehead atoms. The molecule has 2 unspecified atom stereocenters. The first kappa shape index (κ1) is 14.4. The van der Waals surface area contributed by atoms with Gasteiger partial charge in [-0.05, 0) is 61.4 Å². The summed E-state index contributed by atoms with van der Waals surface area (Å²) in [6.07, 6.45) is 4.70. The molecule has 1 aromatic rings. The van der Waals surface area contributed by atoms with Crippen molar-refractivity contribution >= 4 is 5.97 Å². The lowest BCUT2D eigenvalue weighted by molar-refractivity contribution is -0.138. The molecule has 4 nitrogen and oxygen atoms in total. The largest absolute Gasteiger partial charge is 0.497 e. The topological polar surface area (TPSA) is 49.8 Å². The highest BCUT2D eigenvalue weighted by Crippen LogP contribution is 2.39. The van der Waals surface area contributed by atoms with E-state index in [1.165, 1.54) is 11.1 Å². The van der Waals surface area contributed by atoms with Crippen LogP contribution in [0.1, 0.15) is 42.9 Å². The number of ether oxygens (including phenoxy) is 1. The monoisotopic (exact) mass is 289 g/mol. The standard InChI is InChI=1S/C17H23NO3/c1-21-14-6-4-13-5-7-16(15(13)10-14)18-8-2-3-12(11-18)9-17(19)20/h4,6,10,12,16H,2-3,5,7-9,11H2,1H3,(H,19,20). The second-order valence-corrected chi connectivity index (χ2v) is 6.22. The number of piperidine rings is 1. The van der Waals surface area contributed by atoms with Crippen LogP contribution in [-0.2, 0) is 11.2 Å². The Hall–Kier alpha value is -1.55. The van der Waals surface area contributed by atoms with Crippen molar-refractivity contribution in [3.8, 4) is 5.75 Å². The van der Waals surface area contributed by atoms with Gasteiger partial charge in [0.15, 0.2) is 0 Å². The zero-order valence-corrected chi connectivity index (χ0v) is 12.5. The number of benzene rings is 1. The zero-order valence-electron chi connectivity index (χ0n) is 12.5. The normalized spacial score (nSPS) is 25.6. The van der Waals surface area contributed by atoms with E-state index in [1.54, 1.807) is 7.11 Å². The predicted octanol–water partition coefficient (Wildman–Crippen LogP) is 2.87. The number of carboxylic acid groups (broad SMARTS) is 1. The fourth-order valence-electron chi connectivity index (χ4n) is 3.86. The van der Waals surface area contributed by atoms with Gasteiger partial charge in [-0.1, -0.05) is 6.07 Å². The summed E-state index contributed by atoms with van der Waals surface area (Å²) in [7, 11) is 1.70. The van der Waals surface area contributed by atoms with Crippen molar-refractivity contribution in [3.05, 3.63) is 29.3 Å². The van der Waals surface area contributed by atoms with E-state index >= 15 is 0 Å². The van der Waals surface area contributed by atoms with Crippen molar-refractivity contribution < 1.29 is 14.6 Å². The number of aryl methyl sites for hydroxylation is 1. The molecule has 2 aliphatic rings. The number of carboxylic acids is 1. The molecule has 2 atom stereocenters. The number of rotatable bonds is 4. The minimum Gasteiger partial charge on any atom is -0.497 e. The molecule has 0 aromatic heterocycles. The highest BCUT2D eigenvalue weighted by molar-refractivity contribution is 5.67. The van der Waals surface area contributed by atoms with Crippen LogP contribution in [0.5, 0.6) is 5.75 Å². The van der Waals surface area contributed by atoms with Gasteiger partial charge in [0.25, 0.3) is 0 Å². The second-order valence-electron chi connectivity index (χ2n) is 6.22. The minimum absolute atomic E-state index is 0.297. The van der Waals surface area contributed by atoms with E-state index in [0.29, 0.717) is 18.4 Å². The van der Waals surface area contributed by atoms with Crippen molar-refractivity contribution in [1.29, 1.82) is 0 Å². The predicted molar refractivity (Wildman–Crippen MR) is 80.6 cm³/mol. The molecule has 0 radical (unpaired) electrons. The molecule has 1 heterocycles. The molecule has 1 aromatic carbocycles. The molecule has 1 aliphatic carbocycles. The molecule has 3 rings (SSSR count). The maximum absolute atomic E-state index is 10.9. The molecule has 1 fully saturated rings. The number of hydrogen-bond donors (Lipinski definition) is 1. The first-order valence-corrected chi connectivity index (χ1v) is 7.80. The van der Waals surface area contributed by atoms with Gasteiger partial charge in [0.05, 0.1) is 7.11 Å². The van der Waals surface area contributed by atoms with Crippen LogP contribution >= 0.6 is 0 Å². The first-order valence-electron chi connectivity index (χ1n) is 7.80. The molecule has 4 heteroatoms. The third-order valence-electron chi connectivity index (χ3n) is 4.85. The molecule has 1 saturated heterocycles. The van der Waals surface area contributed by atoms with Gasteiger partial charge in [0.2, 0.25) is 0 Å². The van der Waals surface area contributed by atoms with Crippen LogP contribution in [0.25, 0.3) is 0 Å². The molecule has 1 N–H and O–H groups in total. The van der Waals surface area contributed by atoms with Crippen LogP contribution in [0.3, 0.4) is 0 Å². The van der Waals surface area contributed by atoms with Gasteiger partial charge in [0, 0.05) is 19.0 Å². The number of aliphatic carboxylic acids is 1. The van der Waals surface area contributed by atoms with Gasteiger partial charge in [-0.2, -0.15) is 0 Å². The Kier molecular flexibility index (Phi) is 4.15. The van der Waals surface area contributed by atoms with Crippen molar-refractivity contribution in [2.75, 3.05) is 20.2 Å². The number of likely N-dealkylation sites (tertiary alicyclic amines) is 1. The number of carbonyl (C=O) groups is 1. The molecule has 21 heavy (non-hydrogen) atoms. The molecular formula is C17H23NO3. The maximum atomic E-state index is 10.9. The van der Waals surface area contributed by atoms with Crippen molar-refractivity contribution in [2.24, 2.45) is 5.92 Å². The Morgan fingerprint density at radius 2 is 2.29 bits per heavy atom. The summed E-state index contributed by atoms with van der Waals surface area (Å²) < 4.78 is 5.35. The molecular weight excluding hydrogens is 266 g/mol. The van der Waals surface area contributed by atoms with Gasteiger partial charge in [-0.25, -0.2) is 0 Å². The van der Waals surface area contributed by atoms with E-state index in [1.807, 2.05) is 6.07 Å². The molecule has 0 amide bonds. The van der Waals surface area contributed by atoms with Gasteiger partial charge >= 0.3 is 5.97 Å². The van der Waals surface area contributed by atoms with Crippen LogP contribution < -0.4 is 4.74 Å². The summed E-state index contributed by atoms with van der Waals surface area (Å²) in [5.74, 6) is 0.543. The highest BCUT2D eigenvalue weighted by Gasteiger charge is 2.32. The summed E-state index contributed by atoms with van der Waals surface area (Å²) in [6, 6.07) is 6.80. The highest BCUT2D eigenvalue weighted by atomic mass is 16.5. The number of hydrogen-bond acceptors (Lipinski definition) is 3. The quantitative estimate of drug-likeness (QED) is 0.926. The molecule has 1 aliphatic heterocycles. The Morgan fingerprint density at radius 1 is 1.43 bits per heavy atom. The summed E-state index contributed by atoms with van der Waals surface area (Å²) in [5, 5.41) is 9.01. The maximum Gasteiger partial charge on any atom is 0.303 e. The van der Waals surface area contributed by atoms with E-state index < -0.39 is 5.97 Å². The molecule has 0 saturated carbocycles. The van der Waals surface area contributed by atoms with Crippen LogP contribution in [0.15, 0.2) is 18.2 Å². The lowest BCUT2D eigenvalue weighted by Crippen LogP contribution is -2.38. The van der Waals surface area contributed by atoms with E-state index in [2.05, 4.69) is 17.0 Å². The van der Waals surface area contributed by atoms with E-state index in [4.69, 9.17) is 9.84 Å². The zero-order chi connectivity index (χ0) is 14.8. The molecule has 0 spiro atoms. The third kappa shape index (κ3) is 3.05. The third-order valence-corrected chi connectivity index (χ3v) is 4.85. The summed E-state index contributed by atoms with van der Waals surface area (Å²) in [4.78, 5) is 13.4. The number of methoxy groups -OCH3 is 1. The first-order chi connectivity index (χ1) is 10.2. The van der Waals surface area contributed by atoms with Gasteiger partial charge in [-0.3, -0.25) is 9.69 Å². The average molecular weight is 289 g/mol. The lowest BCUT2D eigenvalue weighted by atomic mass is 9.93. The minimum atomic E-state index is -0.671. The van der Waals surface area contributed by atoms with Crippen molar-refractivity contribution in [2.45, 2.75) is 38.1 Å². The summed E-state index contributed by atoms with van der Waals surface area (Å²) in [6.45, 7) is 1.99. The Balaban J connectivity index is 1.75. The number of nitrogens with zero attached hydrogens (tertiary/aromatic N) is 1. The Bertz CT molecular complexity index is 529. The smallest absolute Gasteiger partial charge is 0.303 e. The van der Waals surface area contributed by atoms with Gasteiger partial charge in [-0.15, -0.1) is 0 Å². The Morgan fingerprint density at radius 3 is 3.05 bits per heavy atom. The van der Waals surface area contributed by atoms with E-state index in [9.17, 15) is 4.79 Å². The van der Waals surface area contributed by atoms with Crippen molar-refractivity contribution in [1.82, 2.24) is 4.90 Å². The lowest BCUT2D eigenvalue weighted by Gasteiger charge is -2.36. The van der Waals surface area contributed by atoms with E-state index in [-0.39, 0.29) is 0 Å². The fourth-order valence-corrected chi connectivity index (χ4v) is 3.86. The van der Waals surface area contributed by atoms with E-state index in [0.717, 1.165) is 44.5 Å². The summed E-state index contributed by atoms with van der Waals surface area (Å²) in [5.41, 5.74) is 2.80. The van der Waals surface area contributed by atoms with Gasteiger partial charge in [0.1, 0.15) is 5.75 Å². The summed E-state index contributed by atoms with van der Waals surface area (Å²) >= 11 is 0. The average Bonchev–Trinajstić information content (AvgIpc) is 2.89. The van der Waals surface area contributed by atoms with Crippen molar-refractivity contribution in [3.63, 3.8) is 0 Å². The van der Waals surface area contributed by atoms with Crippen LogP contribution in [0.2, 0.25) is 0 Å². The van der Waals surface area contributed by atoms with Crippen LogP contribution in [-0.4, -0.2) is 36.2 Å². The molecule has 114 valence electrons. The van der Waals surface area contributed by atoms with Crippen LogP contribution in [0.4, 0.5) is 0 Å². The SMILES string of the molecule is COc1ccc2c(c1)C(N1CCCC(CC(=O)O)C1)CC2. The Labute approximate surface area is 125 Å². The number of fused-ring (bicyclic) bond motifs is 1. The second kappa shape index (κ2) is 6.06.